The summed E-state index contributed by atoms with van der Waals surface area (Å²) in [6.07, 6.45) is 1.73. The SMILES string of the molecule is Cc1ccc([N+](=O)[O-])c(OCC(=O)N2CCC[C@@H]2c2ccc3c(c2)OCCO3)c1. The Hall–Kier alpha value is -3.29. The van der Waals surface area contributed by atoms with E-state index in [-0.39, 0.29) is 30.0 Å². The number of aryl methyl sites for hydroxylation is 1. The number of amides is 1. The predicted molar refractivity (Wildman–Crippen MR) is 104 cm³/mol. The summed E-state index contributed by atoms with van der Waals surface area (Å²) in [6, 6.07) is 10.3. The van der Waals surface area contributed by atoms with Crippen LogP contribution in [-0.2, 0) is 4.79 Å². The van der Waals surface area contributed by atoms with Crippen LogP contribution >= 0.6 is 0 Å². The lowest BCUT2D eigenvalue weighted by molar-refractivity contribution is -0.385. The Kier molecular flexibility index (Phi) is 5.24. The van der Waals surface area contributed by atoms with E-state index in [1.165, 1.54) is 6.07 Å². The van der Waals surface area contributed by atoms with Crippen molar-refractivity contribution >= 4 is 11.6 Å². The number of carbonyl (C=O) groups is 1. The first-order chi connectivity index (χ1) is 14.0. The fraction of sp³-hybridized carbons (Fsp3) is 0.381. The van der Waals surface area contributed by atoms with Gasteiger partial charge in [-0.3, -0.25) is 14.9 Å². The number of hydrogen-bond acceptors (Lipinski definition) is 6. The van der Waals surface area contributed by atoms with Gasteiger partial charge >= 0.3 is 5.69 Å². The maximum atomic E-state index is 12.8. The summed E-state index contributed by atoms with van der Waals surface area (Å²) >= 11 is 0. The molecule has 0 bridgehead atoms. The van der Waals surface area contributed by atoms with E-state index in [9.17, 15) is 14.9 Å². The zero-order valence-electron chi connectivity index (χ0n) is 16.1. The smallest absolute Gasteiger partial charge is 0.310 e. The van der Waals surface area contributed by atoms with Gasteiger partial charge in [0.05, 0.1) is 11.0 Å². The number of ether oxygens (including phenoxy) is 3. The molecule has 0 aromatic heterocycles. The molecular formula is C21H22N2O6. The molecule has 152 valence electrons. The third-order valence-corrected chi connectivity index (χ3v) is 5.19. The summed E-state index contributed by atoms with van der Waals surface area (Å²) in [5.41, 5.74) is 1.67. The molecule has 8 heteroatoms. The number of rotatable bonds is 5. The molecule has 2 aliphatic rings. The minimum Gasteiger partial charge on any atom is -0.486 e. The number of hydrogen-bond donors (Lipinski definition) is 0. The number of fused-ring (bicyclic) bond motifs is 1. The molecule has 0 aliphatic carbocycles. The van der Waals surface area contributed by atoms with E-state index in [0.717, 1.165) is 24.0 Å². The van der Waals surface area contributed by atoms with Gasteiger partial charge in [0.15, 0.2) is 23.9 Å². The zero-order valence-corrected chi connectivity index (χ0v) is 16.1. The van der Waals surface area contributed by atoms with Crippen molar-refractivity contribution < 1.29 is 23.9 Å². The molecule has 29 heavy (non-hydrogen) atoms. The topological polar surface area (TPSA) is 91.1 Å². The zero-order chi connectivity index (χ0) is 20.4. The molecule has 0 N–H and O–H groups in total. The summed E-state index contributed by atoms with van der Waals surface area (Å²) in [7, 11) is 0. The van der Waals surface area contributed by atoms with Crippen LogP contribution in [0.1, 0.15) is 30.0 Å². The Balaban J connectivity index is 1.47. The van der Waals surface area contributed by atoms with E-state index in [0.29, 0.717) is 31.3 Å². The highest BCUT2D eigenvalue weighted by atomic mass is 16.6. The van der Waals surface area contributed by atoms with Crippen LogP contribution in [0.25, 0.3) is 0 Å². The van der Waals surface area contributed by atoms with Crippen molar-refractivity contribution in [2.75, 3.05) is 26.4 Å². The lowest BCUT2D eigenvalue weighted by Gasteiger charge is -2.26. The van der Waals surface area contributed by atoms with E-state index >= 15 is 0 Å². The van der Waals surface area contributed by atoms with Gasteiger partial charge in [0.1, 0.15) is 13.2 Å². The maximum Gasteiger partial charge on any atom is 0.310 e. The molecule has 2 aromatic carbocycles. The van der Waals surface area contributed by atoms with Crippen molar-refractivity contribution in [2.45, 2.75) is 25.8 Å². The molecule has 0 spiro atoms. The molecule has 1 atom stereocenters. The second kappa shape index (κ2) is 7.98. The summed E-state index contributed by atoms with van der Waals surface area (Å²) in [4.78, 5) is 25.3. The number of carbonyl (C=O) groups excluding carboxylic acids is 1. The van der Waals surface area contributed by atoms with Crippen LogP contribution in [0.15, 0.2) is 36.4 Å². The van der Waals surface area contributed by atoms with Gasteiger partial charge < -0.3 is 19.1 Å². The third kappa shape index (κ3) is 3.96. The summed E-state index contributed by atoms with van der Waals surface area (Å²) < 4.78 is 16.8. The van der Waals surface area contributed by atoms with Crippen molar-refractivity contribution in [3.63, 3.8) is 0 Å². The second-order valence-electron chi connectivity index (χ2n) is 7.17. The van der Waals surface area contributed by atoms with Gasteiger partial charge in [-0.05, 0) is 49.1 Å². The molecule has 0 saturated carbocycles. The van der Waals surface area contributed by atoms with Crippen LogP contribution in [0.2, 0.25) is 0 Å². The Bertz CT molecular complexity index is 945. The molecule has 8 nitrogen and oxygen atoms in total. The molecule has 2 aromatic rings. The molecule has 1 saturated heterocycles. The number of nitro groups is 1. The van der Waals surface area contributed by atoms with Crippen molar-refractivity contribution in [1.82, 2.24) is 4.90 Å². The molecule has 2 heterocycles. The highest BCUT2D eigenvalue weighted by molar-refractivity contribution is 5.79. The highest BCUT2D eigenvalue weighted by Gasteiger charge is 2.31. The van der Waals surface area contributed by atoms with Gasteiger partial charge in [-0.25, -0.2) is 0 Å². The van der Waals surface area contributed by atoms with Gasteiger partial charge in [-0.2, -0.15) is 0 Å². The summed E-state index contributed by atoms with van der Waals surface area (Å²) in [5.74, 6) is 1.32. The second-order valence-corrected chi connectivity index (χ2v) is 7.17. The Labute approximate surface area is 168 Å². The third-order valence-electron chi connectivity index (χ3n) is 5.19. The Morgan fingerprint density at radius 1 is 1.21 bits per heavy atom. The quantitative estimate of drug-likeness (QED) is 0.566. The van der Waals surface area contributed by atoms with Gasteiger partial charge in [0.25, 0.3) is 5.91 Å². The van der Waals surface area contributed by atoms with Crippen LogP contribution in [0.4, 0.5) is 5.69 Å². The standard InChI is InChI=1S/C21H22N2O6/c1-14-4-6-17(23(25)26)19(11-14)29-13-21(24)22-8-2-3-16(22)15-5-7-18-20(12-15)28-10-9-27-18/h4-7,11-12,16H,2-3,8-10,13H2,1H3/t16-/m1/s1. The average molecular weight is 398 g/mol. The largest absolute Gasteiger partial charge is 0.486 e. The number of nitro benzene ring substituents is 1. The van der Waals surface area contributed by atoms with Crippen LogP contribution in [0.5, 0.6) is 17.2 Å². The minimum atomic E-state index is -0.507. The summed E-state index contributed by atoms with van der Waals surface area (Å²) in [5, 5.41) is 11.2. The van der Waals surface area contributed by atoms with Crippen molar-refractivity contribution in [3.05, 3.63) is 57.6 Å². The van der Waals surface area contributed by atoms with Crippen molar-refractivity contribution in [3.8, 4) is 17.2 Å². The van der Waals surface area contributed by atoms with Crippen LogP contribution in [0.3, 0.4) is 0 Å². The van der Waals surface area contributed by atoms with E-state index < -0.39 is 4.92 Å². The predicted octanol–water partition coefficient (Wildman–Crippen LogP) is 3.42. The van der Waals surface area contributed by atoms with Crippen LogP contribution in [0, 0.1) is 17.0 Å². The molecular weight excluding hydrogens is 376 g/mol. The van der Waals surface area contributed by atoms with Gasteiger partial charge in [0.2, 0.25) is 0 Å². The first-order valence-electron chi connectivity index (χ1n) is 9.60. The monoisotopic (exact) mass is 398 g/mol. The highest BCUT2D eigenvalue weighted by Crippen LogP contribution is 2.38. The Morgan fingerprint density at radius 2 is 2.00 bits per heavy atom. The fourth-order valence-corrected chi connectivity index (χ4v) is 3.79. The molecule has 1 amide bonds. The molecule has 0 radical (unpaired) electrons. The number of benzene rings is 2. The van der Waals surface area contributed by atoms with E-state index in [1.54, 1.807) is 17.0 Å². The van der Waals surface area contributed by atoms with E-state index in [4.69, 9.17) is 14.2 Å². The van der Waals surface area contributed by atoms with Crippen LogP contribution in [-0.4, -0.2) is 42.1 Å². The van der Waals surface area contributed by atoms with Crippen LogP contribution < -0.4 is 14.2 Å². The average Bonchev–Trinajstić information content (AvgIpc) is 3.21. The van der Waals surface area contributed by atoms with E-state index in [1.807, 2.05) is 25.1 Å². The molecule has 0 unspecified atom stereocenters. The maximum absolute atomic E-state index is 12.8. The van der Waals surface area contributed by atoms with Gasteiger partial charge in [0, 0.05) is 12.6 Å². The van der Waals surface area contributed by atoms with E-state index in [2.05, 4.69) is 0 Å². The lowest BCUT2D eigenvalue weighted by Crippen LogP contribution is -2.34. The number of likely N-dealkylation sites (tertiary alicyclic amines) is 1. The first-order valence-corrected chi connectivity index (χ1v) is 9.60. The molecule has 4 rings (SSSR count). The van der Waals surface area contributed by atoms with Crippen molar-refractivity contribution in [2.24, 2.45) is 0 Å². The molecule has 2 aliphatic heterocycles. The Morgan fingerprint density at radius 3 is 2.79 bits per heavy atom. The lowest BCUT2D eigenvalue weighted by atomic mass is 10.0. The minimum absolute atomic E-state index is 0.0746. The number of nitrogens with zero attached hydrogens (tertiary/aromatic N) is 2. The van der Waals surface area contributed by atoms with Crippen molar-refractivity contribution in [1.29, 1.82) is 0 Å². The van der Waals surface area contributed by atoms with Gasteiger partial charge in [-0.15, -0.1) is 0 Å². The van der Waals surface area contributed by atoms with Gasteiger partial charge in [-0.1, -0.05) is 12.1 Å². The summed E-state index contributed by atoms with van der Waals surface area (Å²) in [6.45, 7) is 3.23. The normalized spacial score (nSPS) is 17.8. The first kappa shape index (κ1) is 19.0. The fourth-order valence-electron chi connectivity index (χ4n) is 3.79. The molecule has 1 fully saturated rings.